The molecule has 1 heterocycles. The first-order chi connectivity index (χ1) is 14.1. The smallest absolute Gasteiger partial charge is 0.313 e. The summed E-state index contributed by atoms with van der Waals surface area (Å²) in [7, 11) is 0. The maximum Gasteiger partial charge on any atom is 0.313 e. The normalized spacial score (nSPS) is 14.1. The molecule has 1 aliphatic heterocycles. The molecule has 29 heavy (non-hydrogen) atoms. The van der Waals surface area contributed by atoms with Crippen molar-refractivity contribution in [3.8, 4) is 6.07 Å². The molecule has 0 aliphatic carbocycles. The molecule has 0 radical (unpaired) electrons. The Hall–Kier alpha value is -3.08. The number of hydrogen-bond acceptors (Lipinski definition) is 5. The number of para-hydroxylation sites is 1. The quantitative estimate of drug-likeness (QED) is 0.735. The number of rotatable bonds is 5. The number of nitrogens with zero attached hydrogens (tertiary/aromatic N) is 3. The fourth-order valence-corrected chi connectivity index (χ4v) is 3.28. The zero-order valence-corrected chi connectivity index (χ0v) is 16.7. The molecule has 1 saturated heterocycles. The summed E-state index contributed by atoms with van der Waals surface area (Å²) in [5.41, 5.74) is 1.79. The summed E-state index contributed by atoms with van der Waals surface area (Å²) in [5, 5.41) is 14.9. The Labute approximate surface area is 174 Å². The van der Waals surface area contributed by atoms with Crippen LogP contribution in [0.15, 0.2) is 48.5 Å². The van der Waals surface area contributed by atoms with Gasteiger partial charge in [0.05, 0.1) is 11.3 Å². The highest BCUT2D eigenvalue weighted by Gasteiger charge is 2.18. The predicted molar refractivity (Wildman–Crippen MR) is 113 cm³/mol. The standard InChI is InChI=1S/C21H22ClN5O2/c22-17-5-7-18(8-6-17)27-13-11-26(12-14-27)10-9-24-20(28)21(29)25-19-4-2-1-3-16(19)15-23/h1-8H,9-14H2,(H,24,28)(H,25,29). The Morgan fingerprint density at radius 3 is 2.38 bits per heavy atom. The molecule has 2 N–H and O–H groups in total. The first-order valence-electron chi connectivity index (χ1n) is 9.38. The SMILES string of the molecule is N#Cc1ccccc1NC(=O)C(=O)NCCN1CCN(c2ccc(Cl)cc2)CC1. The summed E-state index contributed by atoms with van der Waals surface area (Å²) in [5.74, 6) is -1.49. The lowest BCUT2D eigenvalue weighted by Crippen LogP contribution is -2.49. The van der Waals surface area contributed by atoms with Gasteiger partial charge < -0.3 is 15.5 Å². The number of carbonyl (C=O) groups is 2. The second kappa shape index (κ2) is 9.92. The van der Waals surface area contributed by atoms with Gasteiger partial charge >= 0.3 is 11.8 Å². The molecule has 0 atom stereocenters. The Morgan fingerprint density at radius 2 is 1.69 bits per heavy atom. The van der Waals surface area contributed by atoms with Crippen LogP contribution in [0.25, 0.3) is 0 Å². The third kappa shape index (κ3) is 5.70. The Bertz CT molecular complexity index is 902. The van der Waals surface area contributed by atoms with E-state index < -0.39 is 11.8 Å². The number of amides is 2. The van der Waals surface area contributed by atoms with Crippen LogP contribution in [-0.2, 0) is 9.59 Å². The fraction of sp³-hybridized carbons (Fsp3) is 0.286. The average Bonchev–Trinajstić information content (AvgIpc) is 2.75. The summed E-state index contributed by atoms with van der Waals surface area (Å²) >= 11 is 5.94. The molecule has 2 aromatic carbocycles. The highest BCUT2D eigenvalue weighted by atomic mass is 35.5. The summed E-state index contributed by atoms with van der Waals surface area (Å²) in [6.07, 6.45) is 0. The van der Waals surface area contributed by atoms with Crippen molar-refractivity contribution in [2.45, 2.75) is 0 Å². The van der Waals surface area contributed by atoms with Gasteiger partial charge in [0, 0.05) is 50.0 Å². The lowest BCUT2D eigenvalue weighted by Gasteiger charge is -2.36. The first kappa shape index (κ1) is 20.6. The number of nitrogens with one attached hydrogen (secondary N) is 2. The van der Waals surface area contributed by atoms with Crippen molar-refractivity contribution >= 4 is 34.8 Å². The number of anilines is 2. The van der Waals surface area contributed by atoms with Crippen LogP contribution in [0.4, 0.5) is 11.4 Å². The number of benzene rings is 2. The lowest BCUT2D eigenvalue weighted by atomic mass is 10.2. The van der Waals surface area contributed by atoms with E-state index in [-0.39, 0.29) is 0 Å². The number of carbonyl (C=O) groups excluding carboxylic acids is 2. The van der Waals surface area contributed by atoms with Gasteiger partial charge in [0.2, 0.25) is 0 Å². The number of nitriles is 1. The van der Waals surface area contributed by atoms with Gasteiger partial charge in [-0.2, -0.15) is 5.26 Å². The molecule has 3 rings (SSSR count). The van der Waals surface area contributed by atoms with Gasteiger partial charge in [-0.3, -0.25) is 14.5 Å². The van der Waals surface area contributed by atoms with Crippen LogP contribution >= 0.6 is 11.6 Å². The molecule has 1 fully saturated rings. The largest absolute Gasteiger partial charge is 0.369 e. The molecule has 0 unspecified atom stereocenters. The van der Waals surface area contributed by atoms with Crippen LogP contribution in [0.5, 0.6) is 0 Å². The van der Waals surface area contributed by atoms with Crippen LogP contribution in [0, 0.1) is 11.3 Å². The van der Waals surface area contributed by atoms with E-state index in [1.165, 1.54) is 0 Å². The molecule has 1 aliphatic rings. The third-order valence-corrected chi connectivity index (χ3v) is 5.03. The van der Waals surface area contributed by atoms with E-state index in [9.17, 15) is 9.59 Å². The van der Waals surface area contributed by atoms with Crippen LogP contribution in [0.2, 0.25) is 5.02 Å². The minimum absolute atomic E-state index is 0.312. The van der Waals surface area contributed by atoms with Crippen LogP contribution in [0.3, 0.4) is 0 Å². The van der Waals surface area contributed by atoms with Crippen molar-refractivity contribution in [1.82, 2.24) is 10.2 Å². The van der Waals surface area contributed by atoms with E-state index in [1.54, 1.807) is 24.3 Å². The van der Waals surface area contributed by atoms with E-state index in [2.05, 4.69) is 20.4 Å². The molecule has 2 aromatic rings. The molecule has 8 heteroatoms. The molecule has 0 aromatic heterocycles. The minimum atomic E-state index is -0.778. The van der Waals surface area contributed by atoms with Crippen LogP contribution in [-0.4, -0.2) is 56.0 Å². The molecular weight excluding hydrogens is 390 g/mol. The van der Waals surface area contributed by atoms with Gasteiger partial charge in [0.15, 0.2) is 0 Å². The molecule has 0 spiro atoms. The number of halogens is 1. The van der Waals surface area contributed by atoms with Gasteiger partial charge in [0.1, 0.15) is 6.07 Å². The monoisotopic (exact) mass is 411 g/mol. The maximum absolute atomic E-state index is 12.0. The zero-order valence-electron chi connectivity index (χ0n) is 15.9. The molecule has 7 nitrogen and oxygen atoms in total. The van der Waals surface area contributed by atoms with Crippen LogP contribution < -0.4 is 15.5 Å². The second-order valence-electron chi connectivity index (χ2n) is 6.67. The predicted octanol–water partition coefficient (Wildman–Crippen LogP) is 2.09. The molecule has 0 bridgehead atoms. The molecule has 150 valence electrons. The highest BCUT2D eigenvalue weighted by molar-refractivity contribution is 6.39. The summed E-state index contributed by atoms with van der Waals surface area (Å²) in [6, 6.07) is 16.3. The fourth-order valence-electron chi connectivity index (χ4n) is 3.16. The number of hydrogen-bond donors (Lipinski definition) is 2. The summed E-state index contributed by atoms with van der Waals surface area (Å²) in [4.78, 5) is 28.6. The summed E-state index contributed by atoms with van der Waals surface area (Å²) < 4.78 is 0. The van der Waals surface area contributed by atoms with Crippen molar-refractivity contribution in [2.75, 3.05) is 49.5 Å². The van der Waals surface area contributed by atoms with Crippen LogP contribution in [0.1, 0.15) is 5.56 Å². The van der Waals surface area contributed by atoms with E-state index in [1.807, 2.05) is 30.3 Å². The topological polar surface area (TPSA) is 88.5 Å². The molecule has 0 saturated carbocycles. The number of piperazine rings is 1. The van der Waals surface area contributed by atoms with E-state index in [4.69, 9.17) is 16.9 Å². The van der Waals surface area contributed by atoms with Gasteiger partial charge in [-0.25, -0.2) is 0 Å². The third-order valence-electron chi connectivity index (χ3n) is 4.78. The van der Waals surface area contributed by atoms with Crippen molar-refractivity contribution < 1.29 is 9.59 Å². The highest BCUT2D eigenvalue weighted by Crippen LogP contribution is 2.19. The van der Waals surface area contributed by atoms with Gasteiger partial charge in [-0.15, -0.1) is 0 Å². The van der Waals surface area contributed by atoms with E-state index in [0.717, 1.165) is 36.9 Å². The van der Waals surface area contributed by atoms with Gasteiger partial charge in [-0.05, 0) is 36.4 Å². The molecule has 2 amide bonds. The van der Waals surface area contributed by atoms with E-state index >= 15 is 0 Å². The average molecular weight is 412 g/mol. The maximum atomic E-state index is 12.0. The summed E-state index contributed by atoms with van der Waals surface area (Å²) in [6.45, 7) is 4.58. The minimum Gasteiger partial charge on any atom is -0.369 e. The van der Waals surface area contributed by atoms with Crippen molar-refractivity contribution in [3.05, 3.63) is 59.1 Å². The first-order valence-corrected chi connectivity index (χ1v) is 9.76. The Kier molecular flexibility index (Phi) is 7.06. The van der Waals surface area contributed by atoms with E-state index in [0.29, 0.717) is 24.3 Å². The Balaban J connectivity index is 1.39. The van der Waals surface area contributed by atoms with Gasteiger partial charge in [0.25, 0.3) is 0 Å². The Morgan fingerprint density at radius 1 is 1.00 bits per heavy atom. The van der Waals surface area contributed by atoms with Crippen molar-refractivity contribution in [2.24, 2.45) is 0 Å². The molecular formula is C21H22ClN5O2. The lowest BCUT2D eigenvalue weighted by molar-refractivity contribution is -0.136. The van der Waals surface area contributed by atoms with Gasteiger partial charge in [-0.1, -0.05) is 23.7 Å². The van der Waals surface area contributed by atoms with Crippen molar-refractivity contribution in [3.63, 3.8) is 0 Å². The zero-order chi connectivity index (χ0) is 20.6. The van der Waals surface area contributed by atoms with Crippen molar-refractivity contribution in [1.29, 1.82) is 5.26 Å². The second-order valence-corrected chi connectivity index (χ2v) is 7.11.